The molecular weight excluding hydrogens is 945 g/mol. The minimum absolute atomic E-state index is 0.575. The Morgan fingerprint density at radius 3 is 1.27 bits per heavy atom. The number of para-hydroxylation sites is 5. The molecule has 0 aliphatic heterocycles. The van der Waals surface area contributed by atoms with Gasteiger partial charge in [-0.15, -0.1) is 0 Å². The van der Waals surface area contributed by atoms with Gasteiger partial charge in [-0.25, -0.2) is 24.9 Å². The molecule has 4 aromatic heterocycles. The minimum atomic E-state index is 0.575. The van der Waals surface area contributed by atoms with Crippen LogP contribution >= 0.6 is 0 Å². The van der Waals surface area contributed by atoms with Gasteiger partial charge in [0, 0.05) is 44.3 Å². The van der Waals surface area contributed by atoms with Crippen LogP contribution in [0.25, 0.3) is 161 Å². The van der Waals surface area contributed by atoms with E-state index in [0.717, 1.165) is 88.4 Å². The lowest BCUT2D eigenvalue weighted by molar-refractivity contribution is 0.619. The summed E-state index contributed by atoms with van der Waals surface area (Å²) in [5, 5.41) is 11.6. The van der Waals surface area contributed by atoms with Gasteiger partial charge in [0.2, 0.25) is 11.8 Å². The highest BCUT2D eigenvalue weighted by Gasteiger charge is 2.20. The minimum Gasteiger partial charge on any atom is -0.436 e. The fraction of sp³-hybridized carbons (Fsp3) is 0. The zero-order chi connectivity index (χ0) is 50.6. The predicted octanol–water partition coefficient (Wildman–Crippen LogP) is 17.9. The Morgan fingerprint density at radius 2 is 0.688 bits per heavy atom. The van der Waals surface area contributed by atoms with Crippen LogP contribution in [0.1, 0.15) is 0 Å². The number of fused-ring (bicyclic) bond motifs is 11. The van der Waals surface area contributed by atoms with Crippen LogP contribution in [-0.4, -0.2) is 29.5 Å². The van der Waals surface area contributed by atoms with Crippen molar-refractivity contribution in [2.24, 2.45) is 0 Å². The number of aromatic nitrogens is 6. The molecule has 0 spiro atoms. The highest BCUT2D eigenvalue weighted by Crippen LogP contribution is 2.42. The third-order valence-electron chi connectivity index (χ3n) is 15.0. The maximum absolute atomic E-state index is 6.13. The lowest BCUT2D eigenvalue weighted by atomic mass is 9.96. The fourth-order valence-corrected chi connectivity index (χ4v) is 11.2. The van der Waals surface area contributed by atoms with Gasteiger partial charge in [0.1, 0.15) is 11.0 Å². The number of benzene rings is 12. The molecule has 4 heterocycles. The Balaban J connectivity index is 0.801. The number of oxazole rings is 2. The molecular formula is C69H40N6O2. The third kappa shape index (κ3) is 7.18. The molecule has 77 heavy (non-hydrogen) atoms. The second kappa shape index (κ2) is 17.0. The Morgan fingerprint density at radius 1 is 0.273 bits per heavy atom. The summed E-state index contributed by atoms with van der Waals surface area (Å²) in [4.78, 5) is 25.1. The van der Waals surface area contributed by atoms with Crippen molar-refractivity contribution < 1.29 is 8.83 Å². The van der Waals surface area contributed by atoms with Gasteiger partial charge in [-0.1, -0.05) is 152 Å². The standard InChI is InChI=1S/C69H40N6O2/c1-2-11-54(12-3-1)75-59-34-32-42-10-4-5-13-55(42)63(59)64-56-40-49(23-20-43(56)33-35-60(64)75)41-18-21-44(22-19-41)65-72-66(50-28-24-47-38-52(30-26-45(47)36-50)68-70-57-14-6-8-16-61(57)76-68)74-67(73-65)51-29-25-48-39-53(31-27-46(48)37-51)69-71-58-15-7-9-17-62(58)77-69/h1-40H. The van der Waals surface area contributed by atoms with Crippen molar-refractivity contribution in [2.75, 3.05) is 0 Å². The summed E-state index contributed by atoms with van der Waals surface area (Å²) in [7, 11) is 0. The molecule has 0 amide bonds. The monoisotopic (exact) mass is 984 g/mol. The predicted molar refractivity (Wildman–Crippen MR) is 312 cm³/mol. The van der Waals surface area contributed by atoms with E-state index in [4.69, 9.17) is 33.8 Å². The zero-order valence-corrected chi connectivity index (χ0v) is 41.1. The molecule has 0 radical (unpaired) electrons. The van der Waals surface area contributed by atoms with Crippen LogP contribution in [0.5, 0.6) is 0 Å². The molecule has 0 saturated heterocycles. The molecule has 358 valence electrons. The van der Waals surface area contributed by atoms with Crippen molar-refractivity contribution in [1.82, 2.24) is 29.5 Å². The Hall–Kier alpha value is -10.6. The van der Waals surface area contributed by atoms with E-state index in [-0.39, 0.29) is 0 Å². The smallest absolute Gasteiger partial charge is 0.227 e. The molecule has 0 aliphatic rings. The second-order valence-electron chi connectivity index (χ2n) is 19.7. The maximum Gasteiger partial charge on any atom is 0.227 e. The molecule has 0 fully saturated rings. The first-order valence-corrected chi connectivity index (χ1v) is 25.7. The van der Waals surface area contributed by atoms with E-state index in [1.807, 2.05) is 48.5 Å². The highest BCUT2D eigenvalue weighted by atomic mass is 16.4. The summed E-state index contributed by atoms with van der Waals surface area (Å²) < 4.78 is 14.7. The molecule has 0 aliphatic carbocycles. The van der Waals surface area contributed by atoms with Crippen molar-refractivity contribution in [3.63, 3.8) is 0 Å². The fourth-order valence-electron chi connectivity index (χ4n) is 11.2. The van der Waals surface area contributed by atoms with E-state index in [9.17, 15) is 0 Å². The van der Waals surface area contributed by atoms with Crippen molar-refractivity contribution in [3.05, 3.63) is 243 Å². The van der Waals surface area contributed by atoms with Gasteiger partial charge in [0.05, 0.1) is 11.0 Å². The van der Waals surface area contributed by atoms with Crippen LogP contribution in [0, 0.1) is 0 Å². The van der Waals surface area contributed by atoms with Crippen LogP contribution in [0.3, 0.4) is 0 Å². The Bertz CT molecular complexity index is 4810. The molecule has 8 nitrogen and oxygen atoms in total. The quantitative estimate of drug-likeness (QED) is 0.157. The van der Waals surface area contributed by atoms with Crippen LogP contribution in [0.15, 0.2) is 251 Å². The maximum atomic E-state index is 6.13. The largest absolute Gasteiger partial charge is 0.436 e. The van der Waals surface area contributed by atoms with Gasteiger partial charge in [0.15, 0.2) is 28.6 Å². The van der Waals surface area contributed by atoms with Gasteiger partial charge in [-0.05, 0) is 145 Å². The topological polar surface area (TPSA) is 95.7 Å². The summed E-state index contributed by atoms with van der Waals surface area (Å²) in [6, 6.07) is 84.7. The van der Waals surface area contributed by atoms with Gasteiger partial charge in [-0.3, -0.25) is 0 Å². The average Bonchev–Trinajstić information content (AvgIpc) is 4.38. The van der Waals surface area contributed by atoms with Gasteiger partial charge >= 0.3 is 0 Å². The summed E-state index contributed by atoms with van der Waals surface area (Å²) >= 11 is 0. The van der Waals surface area contributed by atoms with Gasteiger partial charge < -0.3 is 13.4 Å². The van der Waals surface area contributed by atoms with E-state index in [1.54, 1.807) is 0 Å². The van der Waals surface area contributed by atoms with Gasteiger partial charge in [0.25, 0.3) is 0 Å². The molecule has 0 atom stereocenters. The average molecular weight is 985 g/mol. The van der Waals surface area contributed by atoms with Crippen LogP contribution in [0.4, 0.5) is 0 Å². The molecule has 0 bridgehead atoms. The van der Waals surface area contributed by atoms with Crippen molar-refractivity contribution >= 4 is 87.1 Å². The van der Waals surface area contributed by atoms with Crippen LogP contribution in [-0.2, 0) is 0 Å². The van der Waals surface area contributed by atoms with Crippen molar-refractivity contribution in [3.8, 4) is 73.9 Å². The summed E-state index contributed by atoms with van der Waals surface area (Å²) in [6.45, 7) is 0. The molecule has 12 aromatic carbocycles. The SMILES string of the molecule is c1ccc(-n2c3ccc4ccccc4c3c3c4cc(-c5ccc(-c6nc(-c7ccc8cc(-c9nc%10ccccc%10o9)ccc8c7)nc(-c7ccc8cc(-c9nc%10ccccc%10o9)ccc8c7)n6)cc5)ccc4ccc32)cc1. The highest BCUT2D eigenvalue weighted by molar-refractivity contribution is 6.28. The van der Waals surface area contributed by atoms with Crippen LogP contribution in [0.2, 0.25) is 0 Å². The summed E-state index contributed by atoms with van der Waals surface area (Å²) in [6.07, 6.45) is 0. The van der Waals surface area contributed by atoms with E-state index in [2.05, 4.69) is 199 Å². The Kier molecular flexibility index (Phi) is 9.46. The number of hydrogen-bond donors (Lipinski definition) is 0. The van der Waals surface area contributed by atoms with E-state index in [0.29, 0.717) is 29.3 Å². The van der Waals surface area contributed by atoms with Crippen molar-refractivity contribution in [1.29, 1.82) is 0 Å². The van der Waals surface area contributed by atoms with Gasteiger partial charge in [-0.2, -0.15) is 0 Å². The van der Waals surface area contributed by atoms with E-state index < -0.39 is 0 Å². The molecule has 8 heteroatoms. The lowest BCUT2D eigenvalue weighted by Crippen LogP contribution is -2.00. The number of rotatable bonds is 7. The molecule has 0 N–H and O–H groups in total. The third-order valence-corrected chi connectivity index (χ3v) is 15.0. The molecule has 16 aromatic rings. The van der Waals surface area contributed by atoms with Crippen molar-refractivity contribution in [2.45, 2.75) is 0 Å². The Labute approximate surface area is 439 Å². The molecule has 16 rings (SSSR count). The summed E-state index contributed by atoms with van der Waals surface area (Å²) in [5.74, 6) is 2.91. The number of hydrogen-bond acceptors (Lipinski definition) is 7. The zero-order valence-electron chi connectivity index (χ0n) is 41.1. The lowest BCUT2D eigenvalue weighted by Gasteiger charge is -2.11. The normalized spacial score (nSPS) is 11.9. The number of nitrogens with zero attached hydrogens (tertiary/aromatic N) is 6. The molecule has 0 saturated carbocycles. The van der Waals surface area contributed by atoms with E-state index in [1.165, 1.54) is 43.4 Å². The first kappa shape index (κ1) is 42.9. The molecule has 0 unspecified atom stereocenters. The van der Waals surface area contributed by atoms with Crippen LogP contribution < -0.4 is 0 Å². The first-order valence-electron chi connectivity index (χ1n) is 25.7. The first-order chi connectivity index (χ1) is 38.1. The summed E-state index contributed by atoms with van der Waals surface area (Å²) in [5.41, 5.74) is 13.4. The second-order valence-corrected chi connectivity index (χ2v) is 19.7. The van der Waals surface area contributed by atoms with E-state index >= 15 is 0 Å².